The van der Waals surface area contributed by atoms with Gasteiger partial charge in [-0.15, -0.1) is 0 Å². The summed E-state index contributed by atoms with van der Waals surface area (Å²) in [5.74, 6) is -0.124. The summed E-state index contributed by atoms with van der Waals surface area (Å²) in [5.41, 5.74) is 0.766. The first kappa shape index (κ1) is 14.6. The molecule has 7 heteroatoms. The number of nitro benzene ring substituents is 1. The molecule has 0 aromatic heterocycles. The van der Waals surface area contributed by atoms with Crippen LogP contribution in [0.1, 0.15) is 12.5 Å². The third-order valence-corrected chi connectivity index (χ3v) is 3.13. The van der Waals surface area contributed by atoms with E-state index in [0.717, 1.165) is 5.56 Å². The van der Waals surface area contributed by atoms with Crippen molar-refractivity contribution in [1.29, 1.82) is 0 Å². The number of nitrogens with one attached hydrogen (secondary N) is 2. The van der Waals surface area contributed by atoms with Gasteiger partial charge < -0.3 is 10.6 Å². The molecule has 1 rings (SSSR count). The number of nitrogens with zero attached hydrogens (tertiary/aromatic N) is 1. The lowest BCUT2D eigenvalue weighted by Gasteiger charge is -2.12. The number of nitro groups is 1. The van der Waals surface area contributed by atoms with E-state index in [1.54, 1.807) is 26.1 Å². The average Bonchev–Trinajstić information content (AvgIpc) is 2.36. The molecule has 0 spiro atoms. The number of hydrogen-bond donors (Lipinski definition) is 2. The number of benzene rings is 1. The van der Waals surface area contributed by atoms with Crippen LogP contribution < -0.4 is 10.6 Å². The molecule has 0 fully saturated rings. The SMILES string of the molecule is CNC(=O)C(C)NCc1ccc(Br)c([N+](=O)[O-])c1. The van der Waals surface area contributed by atoms with Crippen LogP contribution in [-0.2, 0) is 11.3 Å². The summed E-state index contributed by atoms with van der Waals surface area (Å²) < 4.78 is 0.440. The fourth-order valence-corrected chi connectivity index (χ4v) is 1.78. The molecule has 1 aromatic rings. The van der Waals surface area contributed by atoms with Crippen LogP contribution in [0.4, 0.5) is 5.69 Å². The van der Waals surface area contributed by atoms with E-state index in [1.807, 2.05) is 0 Å². The zero-order valence-corrected chi connectivity index (χ0v) is 11.7. The molecular formula is C11H14BrN3O3. The molecule has 6 nitrogen and oxygen atoms in total. The lowest BCUT2D eigenvalue weighted by molar-refractivity contribution is -0.385. The maximum Gasteiger partial charge on any atom is 0.283 e. The first-order valence-electron chi connectivity index (χ1n) is 5.33. The van der Waals surface area contributed by atoms with Crippen molar-refractivity contribution in [1.82, 2.24) is 10.6 Å². The Morgan fingerprint density at radius 3 is 2.78 bits per heavy atom. The summed E-state index contributed by atoms with van der Waals surface area (Å²) in [7, 11) is 1.56. The minimum Gasteiger partial charge on any atom is -0.358 e. The predicted octanol–water partition coefficient (Wildman–Crippen LogP) is 1.58. The van der Waals surface area contributed by atoms with Gasteiger partial charge in [0.1, 0.15) is 0 Å². The molecular weight excluding hydrogens is 302 g/mol. The van der Waals surface area contributed by atoms with Crippen LogP contribution in [0.2, 0.25) is 0 Å². The Morgan fingerprint density at radius 1 is 1.56 bits per heavy atom. The molecule has 0 radical (unpaired) electrons. The van der Waals surface area contributed by atoms with Gasteiger partial charge in [-0.1, -0.05) is 6.07 Å². The maximum atomic E-state index is 11.3. The number of halogens is 1. The summed E-state index contributed by atoms with van der Waals surface area (Å²) in [6, 6.07) is 4.52. The maximum absolute atomic E-state index is 11.3. The second-order valence-electron chi connectivity index (χ2n) is 3.76. The van der Waals surface area contributed by atoms with Gasteiger partial charge in [-0.25, -0.2) is 0 Å². The van der Waals surface area contributed by atoms with E-state index in [0.29, 0.717) is 11.0 Å². The summed E-state index contributed by atoms with van der Waals surface area (Å²) in [6.45, 7) is 2.12. The molecule has 1 unspecified atom stereocenters. The molecule has 0 bridgehead atoms. The Balaban J connectivity index is 2.71. The van der Waals surface area contributed by atoms with E-state index in [-0.39, 0.29) is 17.6 Å². The Hall–Kier alpha value is -1.47. The van der Waals surface area contributed by atoms with Gasteiger partial charge in [0.05, 0.1) is 15.4 Å². The van der Waals surface area contributed by atoms with Crippen molar-refractivity contribution in [3.05, 3.63) is 38.3 Å². The van der Waals surface area contributed by atoms with Crippen molar-refractivity contribution in [2.24, 2.45) is 0 Å². The topological polar surface area (TPSA) is 84.3 Å². The van der Waals surface area contributed by atoms with Gasteiger partial charge in [-0.3, -0.25) is 14.9 Å². The molecule has 1 atom stereocenters. The second-order valence-corrected chi connectivity index (χ2v) is 4.61. The predicted molar refractivity (Wildman–Crippen MR) is 71.2 cm³/mol. The molecule has 98 valence electrons. The Labute approximate surface area is 113 Å². The first-order chi connectivity index (χ1) is 8.45. The molecule has 18 heavy (non-hydrogen) atoms. The molecule has 1 amide bonds. The molecule has 0 aliphatic rings. The lowest BCUT2D eigenvalue weighted by atomic mass is 10.2. The smallest absolute Gasteiger partial charge is 0.283 e. The monoisotopic (exact) mass is 315 g/mol. The lowest BCUT2D eigenvalue weighted by Crippen LogP contribution is -2.40. The van der Waals surface area contributed by atoms with Crippen molar-refractivity contribution in [3.8, 4) is 0 Å². The zero-order chi connectivity index (χ0) is 13.7. The average molecular weight is 316 g/mol. The first-order valence-corrected chi connectivity index (χ1v) is 6.12. The van der Waals surface area contributed by atoms with Gasteiger partial charge in [-0.2, -0.15) is 0 Å². The van der Waals surface area contributed by atoms with E-state index in [2.05, 4.69) is 26.6 Å². The largest absolute Gasteiger partial charge is 0.358 e. The summed E-state index contributed by atoms with van der Waals surface area (Å²) in [6.07, 6.45) is 0. The van der Waals surface area contributed by atoms with Crippen molar-refractivity contribution in [2.75, 3.05) is 7.05 Å². The van der Waals surface area contributed by atoms with Gasteiger partial charge in [0, 0.05) is 19.7 Å². The Bertz CT molecular complexity index is 465. The van der Waals surface area contributed by atoms with Crippen molar-refractivity contribution >= 4 is 27.5 Å². The molecule has 0 saturated carbocycles. The highest BCUT2D eigenvalue weighted by molar-refractivity contribution is 9.10. The fourth-order valence-electron chi connectivity index (χ4n) is 1.39. The highest BCUT2D eigenvalue weighted by atomic mass is 79.9. The Kier molecular flexibility index (Phi) is 5.24. The third-order valence-electron chi connectivity index (χ3n) is 2.46. The fraction of sp³-hybridized carbons (Fsp3) is 0.364. The Morgan fingerprint density at radius 2 is 2.22 bits per heavy atom. The zero-order valence-electron chi connectivity index (χ0n) is 10.1. The van der Waals surface area contributed by atoms with Gasteiger partial charge in [0.2, 0.25) is 5.91 Å². The van der Waals surface area contributed by atoms with Gasteiger partial charge in [-0.05, 0) is 34.5 Å². The quantitative estimate of drug-likeness (QED) is 0.638. The summed E-state index contributed by atoms with van der Waals surface area (Å²) in [5, 5.41) is 16.3. The van der Waals surface area contributed by atoms with Gasteiger partial charge in [0.25, 0.3) is 5.69 Å². The van der Waals surface area contributed by atoms with Gasteiger partial charge >= 0.3 is 0 Å². The number of carbonyl (C=O) groups is 1. The molecule has 0 aliphatic heterocycles. The summed E-state index contributed by atoms with van der Waals surface area (Å²) >= 11 is 3.12. The van der Waals surface area contributed by atoms with E-state index < -0.39 is 4.92 Å². The standard InChI is InChI=1S/C11H14BrN3O3/c1-7(11(16)13-2)14-6-8-3-4-9(12)10(5-8)15(17)18/h3-5,7,14H,6H2,1-2H3,(H,13,16). The second kappa shape index (κ2) is 6.46. The molecule has 0 aliphatic carbocycles. The number of carbonyl (C=O) groups excluding carboxylic acids is 1. The van der Waals surface area contributed by atoms with Crippen LogP contribution in [0.5, 0.6) is 0 Å². The minimum absolute atomic E-state index is 0.0156. The van der Waals surface area contributed by atoms with Crippen molar-refractivity contribution < 1.29 is 9.72 Å². The highest BCUT2D eigenvalue weighted by Gasteiger charge is 2.14. The number of amides is 1. The molecule has 1 aromatic carbocycles. The van der Waals surface area contributed by atoms with E-state index in [4.69, 9.17) is 0 Å². The van der Waals surface area contributed by atoms with Crippen LogP contribution in [0.3, 0.4) is 0 Å². The summed E-state index contributed by atoms with van der Waals surface area (Å²) in [4.78, 5) is 21.6. The third kappa shape index (κ3) is 3.78. The van der Waals surface area contributed by atoms with Crippen LogP contribution in [0.15, 0.2) is 22.7 Å². The minimum atomic E-state index is -0.449. The van der Waals surface area contributed by atoms with Crippen molar-refractivity contribution in [2.45, 2.75) is 19.5 Å². The van der Waals surface area contributed by atoms with E-state index >= 15 is 0 Å². The highest BCUT2D eigenvalue weighted by Crippen LogP contribution is 2.25. The van der Waals surface area contributed by atoms with E-state index in [1.165, 1.54) is 6.07 Å². The number of hydrogen-bond acceptors (Lipinski definition) is 4. The van der Waals surface area contributed by atoms with E-state index in [9.17, 15) is 14.9 Å². The van der Waals surface area contributed by atoms with Crippen LogP contribution in [-0.4, -0.2) is 23.9 Å². The normalized spacial score (nSPS) is 11.9. The van der Waals surface area contributed by atoms with Gasteiger partial charge in [0.15, 0.2) is 0 Å². The van der Waals surface area contributed by atoms with Crippen LogP contribution in [0.25, 0.3) is 0 Å². The number of rotatable bonds is 5. The van der Waals surface area contributed by atoms with Crippen LogP contribution >= 0.6 is 15.9 Å². The number of likely N-dealkylation sites (N-methyl/N-ethyl adjacent to an activating group) is 1. The van der Waals surface area contributed by atoms with Crippen molar-refractivity contribution in [3.63, 3.8) is 0 Å². The van der Waals surface area contributed by atoms with Crippen LogP contribution in [0, 0.1) is 10.1 Å². The molecule has 0 saturated heterocycles. The molecule has 0 heterocycles. The molecule has 2 N–H and O–H groups in total.